The van der Waals surface area contributed by atoms with E-state index < -0.39 is 45.3 Å². The van der Waals surface area contributed by atoms with E-state index >= 15 is 0 Å². The van der Waals surface area contributed by atoms with E-state index in [1.165, 1.54) is 0 Å². The summed E-state index contributed by atoms with van der Waals surface area (Å²) in [7, 11) is 2.30. The van der Waals surface area contributed by atoms with Gasteiger partial charge < -0.3 is 20.1 Å². The van der Waals surface area contributed by atoms with Gasteiger partial charge in [-0.2, -0.15) is 25.3 Å². The molecule has 2 atom stereocenters. The van der Waals surface area contributed by atoms with Gasteiger partial charge in [-0.1, -0.05) is 0 Å². The molecule has 0 radical (unpaired) electrons. The van der Waals surface area contributed by atoms with Crippen molar-refractivity contribution in [2.75, 3.05) is 14.2 Å². The number of ether oxygens (including phenoxy) is 2. The Kier molecular flexibility index (Phi) is 8.10. The Morgan fingerprint density at radius 3 is 1.17 bits per heavy atom. The molecule has 0 rings (SSSR count). The van der Waals surface area contributed by atoms with Crippen molar-refractivity contribution < 1.29 is 28.7 Å². The molecule has 2 amide bonds. The summed E-state index contributed by atoms with van der Waals surface area (Å²) in [5, 5.41) is 4.48. The number of esters is 2. The van der Waals surface area contributed by atoms with Crippen molar-refractivity contribution in [2.45, 2.75) is 49.3 Å². The van der Waals surface area contributed by atoms with Gasteiger partial charge in [-0.25, -0.2) is 9.59 Å². The summed E-state index contributed by atoms with van der Waals surface area (Å²) in [6, 6.07) is -2.32. The van der Waals surface area contributed by atoms with Crippen molar-refractivity contribution in [2.24, 2.45) is 0 Å². The number of methoxy groups -OCH3 is 2. The minimum atomic E-state index is -1.16. The molecule has 138 valence electrons. The average molecular weight is 380 g/mol. The van der Waals surface area contributed by atoms with Crippen molar-refractivity contribution in [3.63, 3.8) is 0 Å². The fourth-order valence-corrected chi connectivity index (χ4v) is 2.02. The maximum absolute atomic E-state index is 12.1. The maximum Gasteiger partial charge on any atom is 0.329 e. The fraction of sp³-hybridized carbons (Fsp3) is 0.714. The highest BCUT2D eigenvalue weighted by atomic mass is 32.1. The number of carbonyl (C=O) groups is 4. The normalized spacial score (nSPS) is 14.2. The molecule has 0 spiro atoms. The molecule has 24 heavy (non-hydrogen) atoms. The highest BCUT2D eigenvalue weighted by Crippen LogP contribution is 2.20. The largest absolute Gasteiger partial charge is 0.467 e. The first kappa shape index (κ1) is 22.6. The molecule has 0 fully saturated rings. The van der Waals surface area contributed by atoms with Gasteiger partial charge in [0.15, 0.2) is 0 Å². The summed E-state index contributed by atoms with van der Waals surface area (Å²) in [5.41, 5.74) is 0. The number of hydrogen-bond acceptors (Lipinski definition) is 8. The molecule has 0 aromatic carbocycles. The second-order valence-electron chi connectivity index (χ2n) is 6.17. The first-order chi connectivity index (χ1) is 10.8. The molecule has 0 aliphatic rings. The predicted octanol–water partition coefficient (Wildman–Crippen LogP) is -0.281. The van der Waals surface area contributed by atoms with Crippen LogP contribution in [0.5, 0.6) is 0 Å². The maximum atomic E-state index is 12.1. The van der Waals surface area contributed by atoms with Gasteiger partial charge in [-0.05, 0) is 27.7 Å². The Labute approximate surface area is 152 Å². The van der Waals surface area contributed by atoms with Gasteiger partial charge in [0.25, 0.3) is 0 Å². The third-order valence-corrected chi connectivity index (χ3v) is 3.56. The van der Waals surface area contributed by atoms with E-state index in [2.05, 4.69) is 45.4 Å². The molecule has 8 nitrogen and oxygen atoms in total. The highest BCUT2D eigenvalue weighted by molar-refractivity contribution is 7.82. The fourth-order valence-electron chi connectivity index (χ4n) is 1.68. The first-order valence-corrected chi connectivity index (χ1v) is 7.86. The summed E-state index contributed by atoms with van der Waals surface area (Å²) >= 11 is 8.43. The summed E-state index contributed by atoms with van der Waals surface area (Å²) in [6.07, 6.45) is 0. The van der Waals surface area contributed by atoms with Crippen LogP contribution in [0.3, 0.4) is 0 Å². The van der Waals surface area contributed by atoms with Crippen molar-refractivity contribution in [3.8, 4) is 0 Å². The summed E-state index contributed by atoms with van der Waals surface area (Å²) in [4.78, 5) is 47.6. The van der Waals surface area contributed by atoms with Crippen LogP contribution in [0, 0.1) is 0 Å². The van der Waals surface area contributed by atoms with Crippen LogP contribution in [0.2, 0.25) is 0 Å². The zero-order chi connectivity index (χ0) is 19.3. The molecule has 0 aliphatic heterocycles. The van der Waals surface area contributed by atoms with Gasteiger partial charge in [-0.3, -0.25) is 9.59 Å². The zero-order valence-electron chi connectivity index (χ0n) is 14.5. The summed E-state index contributed by atoms with van der Waals surface area (Å²) in [5.74, 6) is -3.73. The Hall–Kier alpha value is -1.42. The lowest BCUT2D eigenvalue weighted by atomic mass is 10.0. The second-order valence-corrected chi connectivity index (χ2v) is 8.47. The Morgan fingerprint density at radius 1 is 0.750 bits per heavy atom. The minimum Gasteiger partial charge on any atom is -0.467 e. The monoisotopic (exact) mass is 380 g/mol. The number of rotatable bonds is 6. The van der Waals surface area contributed by atoms with Crippen LogP contribution >= 0.6 is 25.3 Å². The summed E-state index contributed by atoms with van der Waals surface area (Å²) < 4.78 is 7.22. The van der Waals surface area contributed by atoms with E-state index in [1.807, 2.05) is 0 Å². The molecule has 0 unspecified atom stereocenters. The van der Waals surface area contributed by atoms with Gasteiger partial charge in [0.05, 0.1) is 14.2 Å². The predicted molar refractivity (Wildman–Crippen MR) is 94.0 cm³/mol. The molecule has 0 saturated heterocycles. The van der Waals surface area contributed by atoms with E-state index in [4.69, 9.17) is 0 Å². The van der Waals surface area contributed by atoms with Crippen molar-refractivity contribution in [3.05, 3.63) is 0 Å². The zero-order valence-corrected chi connectivity index (χ0v) is 16.3. The third-order valence-electron chi connectivity index (χ3n) is 3.04. The minimum absolute atomic E-state index is 0.754. The molecule has 0 aromatic rings. The molecule has 0 saturated carbocycles. The van der Waals surface area contributed by atoms with Crippen LogP contribution < -0.4 is 10.6 Å². The van der Waals surface area contributed by atoms with Crippen LogP contribution in [0.25, 0.3) is 0 Å². The molecular weight excluding hydrogens is 356 g/mol. The number of hydrogen-bond donors (Lipinski definition) is 4. The van der Waals surface area contributed by atoms with Crippen LogP contribution in [0.1, 0.15) is 27.7 Å². The lowest BCUT2D eigenvalue weighted by Gasteiger charge is -2.30. The quantitative estimate of drug-likeness (QED) is 0.287. The smallest absolute Gasteiger partial charge is 0.329 e. The van der Waals surface area contributed by atoms with Crippen molar-refractivity contribution >= 4 is 49.0 Å². The molecule has 2 N–H and O–H groups in total. The van der Waals surface area contributed by atoms with Crippen molar-refractivity contribution in [1.82, 2.24) is 10.6 Å². The average Bonchev–Trinajstić information content (AvgIpc) is 2.45. The number of nitrogens with one attached hydrogen (secondary N) is 2. The van der Waals surface area contributed by atoms with E-state index in [1.54, 1.807) is 27.7 Å². The second kappa shape index (κ2) is 8.61. The Morgan fingerprint density at radius 2 is 1.00 bits per heavy atom. The Balaban J connectivity index is 5.19. The molecular formula is C14H24N2O6S2. The number of thiol groups is 2. The van der Waals surface area contributed by atoms with E-state index in [-0.39, 0.29) is 0 Å². The first-order valence-electron chi connectivity index (χ1n) is 6.97. The van der Waals surface area contributed by atoms with Crippen molar-refractivity contribution in [1.29, 1.82) is 0 Å². The third kappa shape index (κ3) is 6.60. The van der Waals surface area contributed by atoms with E-state index in [9.17, 15) is 19.2 Å². The van der Waals surface area contributed by atoms with E-state index in [0.717, 1.165) is 14.2 Å². The van der Waals surface area contributed by atoms with Crippen LogP contribution in [0.15, 0.2) is 0 Å². The van der Waals surface area contributed by atoms with Gasteiger partial charge in [-0.15, -0.1) is 0 Å². The number of carbonyl (C=O) groups excluding carboxylic acids is 4. The molecule has 0 aliphatic carbocycles. The SMILES string of the molecule is COC(=O)[C@H](NC(=O)C(=O)N[C@@H](C(=O)OC)C(C)(C)S)C(C)(C)S. The van der Waals surface area contributed by atoms with Crippen LogP contribution in [0.4, 0.5) is 0 Å². The molecule has 0 heterocycles. The van der Waals surface area contributed by atoms with Gasteiger partial charge >= 0.3 is 23.8 Å². The molecule has 0 aromatic heterocycles. The Bertz CT molecular complexity index is 464. The van der Waals surface area contributed by atoms with Gasteiger partial charge in [0, 0.05) is 9.49 Å². The molecule has 0 bridgehead atoms. The van der Waals surface area contributed by atoms with Crippen LogP contribution in [-0.4, -0.2) is 59.6 Å². The van der Waals surface area contributed by atoms with Gasteiger partial charge in [0.2, 0.25) is 0 Å². The summed E-state index contributed by atoms with van der Waals surface area (Å²) in [6.45, 7) is 6.29. The standard InChI is InChI=1S/C14H24N2O6S2/c1-13(2,23)7(11(19)21-5)15-9(17)10(18)16-8(12(20)22-6)14(3,4)24/h7-8,23-24H,1-6H3,(H,15,17)(H,16,18)/t7-,8-/m0/s1. The lowest BCUT2D eigenvalue weighted by molar-refractivity contribution is -0.150. The van der Waals surface area contributed by atoms with Gasteiger partial charge in [0.1, 0.15) is 12.1 Å². The highest BCUT2D eigenvalue weighted by Gasteiger charge is 2.39. The van der Waals surface area contributed by atoms with E-state index in [0.29, 0.717) is 0 Å². The number of amides is 2. The van der Waals surface area contributed by atoms with Crippen LogP contribution in [-0.2, 0) is 28.7 Å². The molecule has 10 heteroatoms. The topological polar surface area (TPSA) is 111 Å². The lowest BCUT2D eigenvalue weighted by Crippen LogP contribution is -2.59.